The van der Waals surface area contributed by atoms with Crippen LogP contribution in [0.15, 0.2) is 41.3 Å². The quantitative estimate of drug-likeness (QED) is 0.909. The van der Waals surface area contributed by atoms with Crippen LogP contribution >= 0.6 is 15.9 Å². The van der Waals surface area contributed by atoms with E-state index in [0.717, 1.165) is 4.47 Å². The summed E-state index contributed by atoms with van der Waals surface area (Å²) in [5.41, 5.74) is 1.13. The van der Waals surface area contributed by atoms with Crippen LogP contribution in [0.25, 0.3) is 0 Å². The zero-order chi connectivity index (χ0) is 13.7. The molecule has 6 heteroatoms. The van der Waals surface area contributed by atoms with E-state index >= 15 is 0 Å². The molecule has 0 bridgehead atoms. The monoisotopic (exact) mass is 320 g/mol. The van der Waals surface area contributed by atoms with E-state index in [1.165, 1.54) is 0 Å². The van der Waals surface area contributed by atoms with E-state index in [4.69, 9.17) is 0 Å². The molecular formula is C13H13BrN4O. The predicted molar refractivity (Wildman–Crippen MR) is 78.3 cm³/mol. The summed E-state index contributed by atoms with van der Waals surface area (Å²) in [5, 5.41) is 5.84. The number of pyridine rings is 2. The van der Waals surface area contributed by atoms with E-state index < -0.39 is 0 Å². The third kappa shape index (κ3) is 3.51. The first-order valence-electron chi connectivity index (χ1n) is 5.81. The zero-order valence-corrected chi connectivity index (χ0v) is 11.9. The highest BCUT2D eigenvalue weighted by atomic mass is 79.9. The number of nitrogens with one attached hydrogen (secondary N) is 2. The number of anilines is 2. The molecule has 98 valence electrons. The van der Waals surface area contributed by atoms with Gasteiger partial charge >= 0.3 is 0 Å². The third-order valence-electron chi connectivity index (χ3n) is 2.36. The average Bonchev–Trinajstić information content (AvgIpc) is 2.42. The Bertz CT molecular complexity index is 574. The highest BCUT2D eigenvalue weighted by molar-refractivity contribution is 9.10. The van der Waals surface area contributed by atoms with Crippen LogP contribution in [0.1, 0.15) is 17.3 Å². The number of amides is 1. The van der Waals surface area contributed by atoms with Crippen molar-refractivity contribution in [2.75, 3.05) is 17.2 Å². The van der Waals surface area contributed by atoms with Gasteiger partial charge in [-0.1, -0.05) is 0 Å². The number of nitrogens with zero attached hydrogens (tertiary/aromatic N) is 2. The maximum atomic E-state index is 12.2. The van der Waals surface area contributed by atoms with Crippen molar-refractivity contribution < 1.29 is 4.79 Å². The highest BCUT2D eigenvalue weighted by Crippen LogP contribution is 2.19. The van der Waals surface area contributed by atoms with Gasteiger partial charge in [0.05, 0.1) is 17.4 Å². The van der Waals surface area contributed by atoms with E-state index in [0.29, 0.717) is 23.6 Å². The van der Waals surface area contributed by atoms with Crippen LogP contribution in [0.4, 0.5) is 11.5 Å². The van der Waals surface area contributed by atoms with Gasteiger partial charge in [0, 0.05) is 23.4 Å². The van der Waals surface area contributed by atoms with Crippen molar-refractivity contribution in [2.24, 2.45) is 0 Å². The molecule has 0 radical (unpaired) electrons. The zero-order valence-electron chi connectivity index (χ0n) is 10.4. The number of carbonyl (C=O) groups excluding carboxylic acids is 1. The Labute approximate surface area is 119 Å². The minimum Gasteiger partial charge on any atom is -0.370 e. The van der Waals surface area contributed by atoms with Crippen LogP contribution in [-0.4, -0.2) is 22.4 Å². The van der Waals surface area contributed by atoms with E-state index in [1.807, 2.05) is 6.92 Å². The number of aromatic nitrogens is 2. The number of hydrogen-bond donors (Lipinski definition) is 2. The van der Waals surface area contributed by atoms with Gasteiger partial charge < -0.3 is 10.6 Å². The molecule has 0 spiro atoms. The molecule has 0 aliphatic rings. The van der Waals surface area contributed by atoms with Crippen LogP contribution in [0.2, 0.25) is 0 Å². The first-order valence-corrected chi connectivity index (χ1v) is 6.61. The second-order valence-electron chi connectivity index (χ2n) is 3.78. The van der Waals surface area contributed by atoms with Gasteiger partial charge in [0.25, 0.3) is 5.91 Å². The lowest BCUT2D eigenvalue weighted by Gasteiger charge is -2.10. The third-order valence-corrected chi connectivity index (χ3v) is 2.80. The van der Waals surface area contributed by atoms with Gasteiger partial charge in [-0.15, -0.1) is 0 Å². The molecule has 1 amide bonds. The van der Waals surface area contributed by atoms with E-state index in [1.54, 1.807) is 36.8 Å². The summed E-state index contributed by atoms with van der Waals surface area (Å²) in [6, 6.07) is 5.28. The molecule has 0 aliphatic carbocycles. The maximum absolute atomic E-state index is 12.2. The Morgan fingerprint density at radius 2 is 2.26 bits per heavy atom. The molecule has 0 atom stereocenters. The fraction of sp³-hybridized carbons (Fsp3) is 0.154. The van der Waals surface area contributed by atoms with E-state index in [-0.39, 0.29) is 5.91 Å². The minimum absolute atomic E-state index is 0.224. The van der Waals surface area contributed by atoms with Crippen LogP contribution < -0.4 is 10.6 Å². The van der Waals surface area contributed by atoms with Gasteiger partial charge in [-0.2, -0.15) is 0 Å². The number of rotatable bonds is 4. The molecule has 2 rings (SSSR count). The SMILES string of the molecule is CCNc1ncc(Br)cc1C(=O)Nc1cccnc1. The molecule has 19 heavy (non-hydrogen) atoms. The van der Waals surface area contributed by atoms with Crippen molar-refractivity contribution >= 4 is 33.3 Å². The van der Waals surface area contributed by atoms with Crippen molar-refractivity contribution in [3.05, 3.63) is 46.8 Å². The summed E-state index contributed by atoms with van der Waals surface area (Å²) in [5.74, 6) is 0.338. The summed E-state index contributed by atoms with van der Waals surface area (Å²) in [4.78, 5) is 20.4. The van der Waals surface area contributed by atoms with Crippen molar-refractivity contribution in [2.45, 2.75) is 6.92 Å². The van der Waals surface area contributed by atoms with Crippen molar-refractivity contribution in [1.82, 2.24) is 9.97 Å². The summed E-state index contributed by atoms with van der Waals surface area (Å²) >= 11 is 3.32. The fourth-order valence-electron chi connectivity index (χ4n) is 1.56. The first-order chi connectivity index (χ1) is 9.20. The van der Waals surface area contributed by atoms with Gasteiger partial charge in [-0.25, -0.2) is 4.98 Å². The molecule has 0 aromatic carbocycles. The van der Waals surface area contributed by atoms with Crippen LogP contribution in [-0.2, 0) is 0 Å². The second kappa shape index (κ2) is 6.29. The van der Waals surface area contributed by atoms with Crippen molar-refractivity contribution in [3.8, 4) is 0 Å². The van der Waals surface area contributed by atoms with Crippen LogP contribution in [0.5, 0.6) is 0 Å². The van der Waals surface area contributed by atoms with Crippen molar-refractivity contribution in [3.63, 3.8) is 0 Å². The summed E-state index contributed by atoms with van der Waals surface area (Å²) in [6.45, 7) is 2.65. The molecule has 0 unspecified atom stereocenters. The predicted octanol–water partition coefficient (Wildman–Crippen LogP) is 2.92. The molecule has 5 nitrogen and oxygen atoms in total. The normalized spacial score (nSPS) is 10.0. The van der Waals surface area contributed by atoms with Gasteiger partial charge in [0.2, 0.25) is 0 Å². The Hall–Kier alpha value is -1.95. The van der Waals surface area contributed by atoms with Crippen LogP contribution in [0, 0.1) is 0 Å². The highest BCUT2D eigenvalue weighted by Gasteiger charge is 2.13. The number of hydrogen-bond acceptors (Lipinski definition) is 4. The van der Waals surface area contributed by atoms with Gasteiger partial charge in [-0.05, 0) is 41.1 Å². The maximum Gasteiger partial charge on any atom is 0.259 e. The topological polar surface area (TPSA) is 66.9 Å². The van der Waals surface area contributed by atoms with E-state index in [2.05, 4.69) is 36.5 Å². The van der Waals surface area contributed by atoms with Gasteiger partial charge in [0.15, 0.2) is 0 Å². The number of halogens is 1. The standard InChI is InChI=1S/C13H13BrN4O/c1-2-16-12-11(6-9(14)7-17-12)13(19)18-10-4-3-5-15-8-10/h3-8H,2H2,1H3,(H,16,17)(H,18,19). The molecule has 0 saturated carbocycles. The summed E-state index contributed by atoms with van der Waals surface area (Å²) in [6.07, 6.45) is 4.90. The first kappa shape index (κ1) is 13.5. The Morgan fingerprint density at radius 3 is 2.95 bits per heavy atom. The molecule has 2 N–H and O–H groups in total. The van der Waals surface area contributed by atoms with E-state index in [9.17, 15) is 4.79 Å². The number of carbonyl (C=O) groups is 1. The van der Waals surface area contributed by atoms with Crippen molar-refractivity contribution in [1.29, 1.82) is 0 Å². The fourth-order valence-corrected chi connectivity index (χ4v) is 1.89. The lowest BCUT2D eigenvalue weighted by atomic mass is 10.2. The summed E-state index contributed by atoms with van der Waals surface area (Å²) < 4.78 is 0.755. The molecule has 2 heterocycles. The molecule has 0 fully saturated rings. The molecule has 2 aromatic heterocycles. The Morgan fingerprint density at radius 1 is 1.42 bits per heavy atom. The minimum atomic E-state index is -0.224. The van der Waals surface area contributed by atoms with Crippen LogP contribution in [0.3, 0.4) is 0 Å². The molecule has 2 aromatic rings. The summed E-state index contributed by atoms with van der Waals surface area (Å²) in [7, 11) is 0. The lowest BCUT2D eigenvalue weighted by molar-refractivity contribution is 0.102. The van der Waals surface area contributed by atoms with Gasteiger partial charge in [0.1, 0.15) is 5.82 Å². The van der Waals surface area contributed by atoms with Gasteiger partial charge in [-0.3, -0.25) is 9.78 Å². The largest absolute Gasteiger partial charge is 0.370 e. The Kier molecular flexibility index (Phi) is 4.46. The smallest absolute Gasteiger partial charge is 0.259 e. The molecule has 0 saturated heterocycles. The second-order valence-corrected chi connectivity index (χ2v) is 4.69. The molecular weight excluding hydrogens is 308 g/mol. The molecule has 0 aliphatic heterocycles. The Balaban J connectivity index is 2.25. The average molecular weight is 321 g/mol. The lowest BCUT2D eigenvalue weighted by Crippen LogP contribution is -2.16.